The van der Waals surface area contributed by atoms with Gasteiger partial charge in [-0.1, -0.05) is 30.3 Å². The van der Waals surface area contributed by atoms with E-state index in [1.54, 1.807) is 0 Å². The van der Waals surface area contributed by atoms with Crippen LogP contribution < -0.4 is 5.32 Å². The average molecular weight is 298 g/mol. The van der Waals surface area contributed by atoms with E-state index in [1.165, 1.54) is 0 Å². The van der Waals surface area contributed by atoms with Crippen LogP contribution in [0.2, 0.25) is 0 Å². The van der Waals surface area contributed by atoms with Gasteiger partial charge in [0, 0.05) is 31.7 Å². The van der Waals surface area contributed by atoms with Crippen LogP contribution in [-0.2, 0) is 11.3 Å². The maximum atomic E-state index is 12.4. The molecule has 0 unspecified atom stereocenters. The van der Waals surface area contributed by atoms with Crippen molar-refractivity contribution in [1.29, 1.82) is 0 Å². The second-order valence-electron chi connectivity index (χ2n) is 5.37. The third-order valence-electron chi connectivity index (χ3n) is 3.85. The molecular formula is C15H20F2N2O2. The summed E-state index contributed by atoms with van der Waals surface area (Å²) in [6, 6.07) is 9.41. The zero-order valence-electron chi connectivity index (χ0n) is 11.7. The van der Waals surface area contributed by atoms with Gasteiger partial charge in [-0.2, -0.15) is 8.78 Å². The van der Waals surface area contributed by atoms with Crippen LogP contribution in [0.15, 0.2) is 30.3 Å². The normalized spacial score (nSPS) is 23.2. The van der Waals surface area contributed by atoms with Gasteiger partial charge in [0.2, 0.25) is 0 Å². The van der Waals surface area contributed by atoms with Crippen molar-refractivity contribution in [3.05, 3.63) is 35.9 Å². The number of hydrogen-bond donors (Lipinski definition) is 2. The fraction of sp³-hybridized carbons (Fsp3) is 0.533. The van der Waals surface area contributed by atoms with Crippen molar-refractivity contribution in [3.8, 4) is 0 Å². The molecule has 2 rings (SSSR count). The predicted molar refractivity (Wildman–Crippen MR) is 74.8 cm³/mol. The molecule has 21 heavy (non-hydrogen) atoms. The lowest BCUT2D eigenvalue weighted by Crippen LogP contribution is -2.54. The van der Waals surface area contributed by atoms with Crippen molar-refractivity contribution in [2.75, 3.05) is 19.7 Å². The van der Waals surface area contributed by atoms with Gasteiger partial charge in [-0.3, -0.25) is 9.69 Å². The third kappa shape index (κ3) is 4.47. The molecule has 1 aliphatic rings. The number of aliphatic hydroxyl groups excluding tert-OH is 1. The highest BCUT2D eigenvalue weighted by Gasteiger charge is 2.31. The van der Waals surface area contributed by atoms with E-state index in [-0.39, 0.29) is 12.5 Å². The van der Waals surface area contributed by atoms with E-state index < -0.39 is 18.4 Å². The molecule has 0 aromatic heterocycles. The fourth-order valence-electron chi connectivity index (χ4n) is 2.68. The molecule has 0 saturated carbocycles. The Labute approximate surface area is 122 Å². The van der Waals surface area contributed by atoms with Crippen molar-refractivity contribution >= 4 is 5.91 Å². The van der Waals surface area contributed by atoms with Gasteiger partial charge in [0.05, 0.1) is 0 Å². The van der Waals surface area contributed by atoms with Crippen LogP contribution in [0.3, 0.4) is 0 Å². The van der Waals surface area contributed by atoms with Crippen molar-refractivity contribution < 1.29 is 18.7 Å². The van der Waals surface area contributed by atoms with E-state index in [2.05, 4.69) is 10.2 Å². The number of nitrogens with one attached hydrogen (secondary N) is 1. The topological polar surface area (TPSA) is 52.6 Å². The minimum atomic E-state index is -3.02. The van der Waals surface area contributed by atoms with Gasteiger partial charge in [0.25, 0.3) is 5.91 Å². The molecule has 2 atom stereocenters. The minimum absolute atomic E-state index is 0.104. The number of hydrogen-bond acceptors (Lipinski definition) is 3. The summed E-state index contributed by atoms with van der Waals surface area (Å²) in [4.78, 5) is 13.3. The molecule has 116 valence electrons. The largest absolute Gasteiger partial charge is 0.396 e. The van der Waals surface area contributed by atoms with E-state index in [4.69, 9.17) is 0 Å². The average Bonchev–Trinajstić information content (AvgIpc) is 2.48. The molecule has 1 amide bonds. The van der Waals surface area contributed by atoms with E-state index >= 15 is 0 Å². The number of amides is 1. The van der Waals surface area contributed by atoms with Crippen molar-refractivity contribution in [1.82, 2.24) is 10.2 Å². The zero-order chi connectivity index (χ0) is 15.2. The lowest BCUT2D eigenvalue weighted by molar-refractivity contribution is -0.133. The van der Waals surface area contributed by atoms with Gasteiger partial charge >= 0.3 is 6.43 Å². The van der Waals surface area contributed by atoms with Crippen LogP contribution in [0.4, 0.5) is 8.78 Å². The third-order valence-corrected chi connectivity index (χ3v) is 3.85. The summed E-state index contributed by atoms with van der Waals surface area (Å²) in [6.45, 7) is 1.85. The number of carbonyl (C=O) groups is 1. The Bertz CT molecular complexity index is 456. The van der Waals surface area contributed by atoms with Crippen LogP contribution in [0.1, 0.15) is 12.0 Å². The standard InChI is InChI=1S/C15H20F2N2O2/c16-14(17)15(21)18-13-9-19(7-6-12(13)10-20)8-11-4-2-1-3-5-11/h1-5,12-14,20H,6-10H2,(H,18,21)/t12-,13+/m1/s1. The highest BCUT2D eigenvalue weighted by molar-refractivity contribution is 5.79. The summed E-state index contributed by atoms with van der Waals surface area (Å²) in [5.74, 6) is -1.43. The highest BCUT2D eigenvalue weighted by atomic mass is 19.3. The van der Waals surface area contributed by atoms with Gasteiger partial charge < -0.3 is 10.4 Å². The number of aliphatic hydroxyl groups is 1. The molecule has 0 spiro atoms. The zero-order valence-corrected chi connectivity index (χ0v) is 11.7. The number of alkyl halides is 2. The van der Waals surface area contributed by atoms with Gasteiger partial charge in [-0.15, -0.1) is 0 Å². The van der Waals surface area contributed by atoms with Gasteiger partial charge in [-0.05, 0) is 18.5 Å². The number of piperidine rings is 1. The van der Waals surface area contributed by atoms with Crippen LogP contribution in [0, 0.1) is 5.92 Å². The number of carbonyl (C=O) groups excluding carboxylic acids is 1. The summed E-state index contributed by atoms with van der Waals surface area (Å²) < 4.78 is 24.7. The molecule has 0 aliphatic carbocycles. The second kappa shape index (κ2) is 7.47. The number of benzene rings is 1. The lowest BCUT2D eigenvalue weighted by atomic mass is 9.92. The van der Waals surface area contributed by atoms with Crippen LogP contribution >= 0.6 is 0 Å². The summed E-state index contributed by atoms with van der Waals surface area (Å²) in [5.41, 5.74) is 1.14. The number of rotatable bonds is 5. The summed E-state index contributed by atoms with van der Waals surface area (Å²) in [5, 5.41) is 11.7. The molecule has 0 bridgehead atoms. The Kier molecular flexibility index (Phi) is 5.64. The Morgan fingerprint density at radius 3 is 2.71 bits per heavy atom. The molecule has 1 aliphatic heterocycles. The molecule has 1 fully saturated rings. The van der Waals surface area contributed by atoms with Gasteiger partial charge in [0.15, 0.2) is 0 Å². The predicted octanol–water partition coefficient (Wildman–Crippen LogP) is 1.25. The quantitative estimate of drug-likeness (QED) is 0.860. The van der Waals surface area contributed by atoms with Crippen molar-refractivity contribution in [2.45, 2.75) is 25.4 Å². The van der Waals surface area contributed by atoms with E-state index in [0.717, 1.165) is 12.1 Å². The van der Waals surface area contributed by atoms with Crippen LogP contribution in [0.25, 0.3) is 0 Å². The van der Waals surface area contributed by atoms with Gasteiger partial charge in [-0.25, -0.2) is 0 Å². The Balaban J connectivity index is 1.96. The van der Waals surface area contributed by atoms with Crippen molar-refractivity contribution in [2.24, 2.45) is 5.92 Å². The SMILES string of the molecule is O=C(N[C@H]1CN(Cc2ccccc2)CC[C@@H]1CO)C(F)F. The number of nitrogens with zero attached hydrogens (tertiary/aromatic N) is 1. The first-order chi connectivity index (χ1) is 10.1. The van der Waals surface area contributed by atoms with Crippen molar-refractivity contribution in [3.63, 3.8) is 0 Å². The molecule has 1 saturated heterocycles. The number of likely N-dealkylation sites (tertiary alicyclic amines) is 1. The lowest BCUT2D eigenvalue weighted by Gasteiger charge is -2.38. The molecule has 1 aromatic carbocycles. The molecule has 0 radical (unpaired) electrons. The molecule has 1 heterocycles. The Morgan fingerprint density at radius 1 is 1.38 bits per heavy atom. The molecular weight excluding hydrogens is 278 g/mol. The summed E-state index contributed by atoms with van der Waals surface area (Å²) in [6.07, 6.45) is -2.34. The molecule has 2 N–H and O–H groups in total. The molecule has 1 aromatic rings. The fourth-order valence-corrected chi connectivity index (χ4v) is 2.68. The summed E-state index contributed by atoms with van der Waals surface area (Å²) in [7, 11) is 0. The molecule has 4 nitrogen and oxygen atoms in total. The Morgan fingerprint density at radius 2 is 2.10 bits per heavy atom. The first-order valence-corrected chi connectivity index (χ1v) is 7.06. The van der Waals surface area contributed by atoms with E-state index in [9.17, 15) is 18.7 Å². The van der Waals surface area contributed by atoms with E-state index in [1.807, 2.05) is 30.3 Å². The smallest absolute Gasteiger partial charge is 0.315 e. The minimum Gasteiger partial charge on any atom is -0.396 e. The van der Waals surface area contributed by atoms with E-state index in [0.29, 0.717) is 19.5 Å². The van der Waals surface area contributed by atoms with Crippen LogP contribution in [-0.4, -0.2) is 48.1 Å². The van der Waals surface area contributed by atoms with Crippen LogP contribution in [0.5, 0.6) is 0 Å². The first kappa shape index (κ1) is 15.9. The highest BCUT2D eigenvalue weighted by Crippen LogP contribution is 2.19. The van der Waals surface area contributed by atoms with Gasteiger partial charge in [0.1, 0.15) is 0 Å². The Hall–Kier alpha value is -1.53. The number of halogens is 2. The molecule has 6 heteroatoms. The maximum absolute atomic E-state index is 12.4. The first-order valence-electron chi connectivity index (χ1n) is 7.06. The maximum Gasteiger partial charge on any atom is 0.315 e. The monoisotopic (exact) mass is 298 g/mol. The second-order valence-corrected chi connectivity index (χ2v) is 5.37. The summed E-state index contributed by atoms with van der Waals surface area (Å²) >= 11 is 0.